The fourth-order valence-corrected chi connectivity index (χ4v) is 5.29. The second-order valence-electron chi connectivity index (χ2n) is 8.53. The van der Waals surface area contributed by atoms with Gasteiger partial charge in [0.1, 0.15) is 11.6 Å². The first-order valence-electron chi connectivity index (χ1n) is 11.5. The van der Waals surface area contributed by atoms with E-state index in [0.717, 1.165) is 41.3 Å². The van der Waals surface area contributed by atoms with Crippen LogP contribution in [0.3, 0.4) is 0 Å². The van der Waals surface area contributed by atoms with E-state index >= 15 is 0 Å². The predicted molar refractivity (Wildman–Crippen MR) is 135 cm³/mol. The van der Waals surface area contributed by atoms with Crippen molar-refractivity contribution in [2.24, 2.45) is 0 Å². The number of hydrogen-bond acceptors (Lipinski definition) is 4. The molecule has 0 fully saturated rings. The summed E-state index contributed by atoms with van der Waals surface area (Å²) in [6.45, 7) is 1.59. The maximum atomic E-state index is 13.3. The standard InChI is InChI=1S/C27H29N3O3S/c1-20(31)10-4-2-7-15-25(27-28-19-26(29-27)22-12-5-3-6-13-22)30-34(32,33)24-17-16-21-11-8-9-14-23(21)18-24/h3,5-6,8-9,11-14,16-19,25,30H,2,4,7,10,15H2,1H3,(H,28,29)/t25-/m0/s1. The monoisotopic (exact) mass is 475 g/mol. The molecule has 176 valence electrons. The smallest absolute Gasteiger partial charge is 0.241 e. The molecule has 0 unspecified atom stereocenters. The number of ketones is 1. The highest BCUT2D eigenvalue weighted by Gasteiger charge is 2.24. The van der Waals surface area contributed by atoms with Gasteiger partial charge in [-0.1, -0.05) is 73.5 Å². The zero-order valence-corrected chi connectivity index (χ0v) is 20.0. The average Bonchev–Trinajstić information content (AvgIpc) is 3.33. The van der Waals surface area contributed by atoms with E-state index in [2.05, 4.69) is 14.7 Å². The first-order chi connectivity index (χ1) is 16.4. The van der Waals surface area contributed by atoms with E-state index in [1.165, 1.54) is 0 Å². The van der Waals surface area contributed by atoms with Gasteiger partial charge >= 0.3 is 0 Å². The van der Waals surface area contributed by atoms with Gasteiger partial charge < -0.3 is 9.78 Å². The minimum atomic E-state index is -3.77. The topological polar surface area (TPSA) is 91.9 Å². The second-order valence-corrected chi connectivity index (χ2v) is 10.2. The molecule has 7 heteroatoms. The molecule has 6 nitrogen and oxygen atoms in total. The summed E-state index contributed by atoms with van der Waals surface area (Å²) < 4.78 is 29.5. The maximum absolute atomic E-state index is 13.3. The summed E-state index contributed by atoms with van der Waals surface area (Å²) in [4.78, 5) is 19.3. The summed E-state index contributed by atoms with van der Waals surface area (Å²) in [6, 6.07) is 22.1. The van der Waals surface area contributed by atoms with Crippen LogP contribution in [0.2, 0.25) is 0 Å². The van der Waals surface area contributed by atoms with Gasteiger partial charge in [0.15, 0.2) is 0 Å². The van der Waals surface area contributed by atoms with Gasteiger partial charge in [0.2, 0.25) is 10.0 Å². The molecule has 0 aliphatic heterocycles. The van der Waals surface area contributed by atoms with Gasteiger partial charge in [0, 0.05) is 6.42 Å². The number of aromatic amines is 1. The van der Waals surface area contributed by atoms with Crippen molar-refractivity contribution in [3.05, 3.63) is 84.8 Å². The zero-order valence-electron chi connectivity index (χ0n) is 19.2. The average molecular weight is 476 g/mol. The summed E-state index contributed by atoms with van der Waals surface area (Å²) in [6.07, 6.45) is 5.28. The molecule has 0 amide bonds. The van der Waals surface area contributed by atoms with Crippen LogP contribution in [0, 0.1) is 0 Å². The number of unbranched alkanes of at least 4 members (excludes halogenated alkanes) is 2. The lowest BCUT2D eigenvalue weighted by molar-refractivity contribution is -0.117. The van der Waals surface area contributed by atoms with E-state index in [0.29, 0.717) is 18.7 Å². The van der Waals surface area contributed by atoms with E-state index in [4.69, 9.17) is 0 Å². The minimum Gasteiger partial charge on any atom is -0.341 e. The van der Waals surface area contributed by atoms with Gasteiger partial charge in [-0.05, 0) is 48.2 Å². The van der Waals surface area contributed by atoms with Crippen LogP contribution >= 0.6 is 0 Å². The van der Waals surface area contributed by atoms with Crippen LogP contribution < -0.4 is 4.72 Å². The third-order valence-corrected chi connectivity index (χ3v) is 7.33. The molecular weight excluding hydrogens is 446 g/mol. The molecule has 0 bridgehead atoms. The fourth-order valence-electron chi connectivity index (χ4n) is 4.02. The Kier molecular flexibility index (Phi) is 7.55. The highest BCUT2D eigenvalue weighted by molar-refractivity contribution is 7.89. The van der Waals surface area contributed by atoms with E-state index in [1.54, 1.807) is 25.3 Å². The largest absolute Gasteiger partial charge is 0.341 e. The number of rotatable bonds is 11. The molecule has 4 rings (SSSR count). The number of nitrogens with zero attached hydrogens (tertiary/aromatic N) is 1. The minimum absolute atomic E-state index is 0.173. The maximum Gasteiger partial charge on any atom is 0.241 e. The number of aromatic nitrogens is 2. The Morgan fingerprint density at radius 3 is 2.44 bits per heavy atom. The van der Waals surface area contributed by atoms with Crippen LogP contribution in [0.5, 0.6) is 0 Å². The molecule has 2 N–H and O–H groups in total. The Labute approximate surface area is 200 Å². The molecule has 0 saturated carbocycles. The lowest BCUT2D eigenvalue weighted by Crippen LogP contribution is -2.29. The Hall–Kier alpha value is -3.29. The van der Waals surface area contributed by atoms with Crippen LogP contribution in [-0.4, -0.2) is 24.2 Å². The van der Waals surface area contributed by atoms with Gasteiger partial charge in [-0.25, -0.2) is 18.1 Å². The van der Waals surface area contributed by atoms with Crippen molar-refractivity contribution in [1.82, 2.24) is 14.7 Å². The van der Waals surface area contributed by atoms with Crippen molar-refractivity contribution in [2.45, 2.75) is 50.0 Å². The van der Waals surface area contributed by atoms with Crippen LogP contribution in [-0.2, 0) is 14.8 Å². The zero-order chi connectivity index (χ0) is 24.0. The molecule has 34 heavy (non-hydrogen) atoms. The van der Waals surface area contributed by atoms with Crippen molar-refractivity contribution in [1.29, 1.82) is 0 Å². The number of benzene rings is 3. The van der Waals surface area contributed by atoms with Crippen LogP contribution in [0.25, 0.3) is 22.0 Å². The SMILES string of the molecule is CC(=O)CCCCC[C@H](NS(=O)(=O)c1ccc2ccccc2c1)c1ncc(-c2ccccc2)[nH]1. The lowest BCUT2D eigenvalue weighted by Gasteiger charge is -2.17. The molecule has 1 atom stereocenters. The Balaban J connectivity index is 1.56. The molecule has 0 spiro atoms. The molecule has 3 aromatic carbocycles. The first-order valence-corrected chi connectivity index (χ1v) is 13.0. The van der Waals surface area contributed by atoms with Crippen LogP contribution in [0.4, 0.5) is 0 Å². The molecule has 1 heterocycles. The van der Waals surface area contributed by atoms with E-state index in [1.807, 2.05) is 60.7 Å². The Morgan fingerprint density at radius 2 is 1.68 bits per heavy atom. The summed E-state index contributed by atoms with van der Waals surface area (Å²) in [5.74, 6) is 0.752. The van der Waals surface area contributed by atoms with Crippen molar-refractivity contribution in [3.8, 4) is 11.3 Å². The number of carbonyl (C=O) groups excluding carboxylic acids is 1. The van der Waals surface area contributed by atoms with Gasteiger partial charge in [0.25, 0.3) is 0 Å². The van der Waals surface area contributed by atoms with Crippen molar-refractivity contribution in [2.75, 3.05) is 0 Å². The second kappa shape index (κ2) is 10.8. The summed E-state index contributed by atoms with van der Waals surface area (Å²) in [5, 5.41) is 1.86. The normalized spacial score (nSPS) is 12.6. The van der Waals surface area contributed by atoms with E-state index in [-0.39, 0.29) is 10.7 Å². The quantitative estimate of drug-likeness (QED) is 0.269. The Morgan fingerprint density at radius 1 is 0.941 bits per heavy atom. The molecule has 0 radical (unpaired) electrons. The van der Waals surface area contributed by atoms with Crippen molar-refractivity contribution < 1.29 is 13.2 Å². The molecule has 1 aromatic heterocycles. The molecule has 0 saturated heterocycles. The highest BCUT2D eigenvalue weighted by atomic mass is 32.2. The number of sulfonamides is 1. The first kappa shape index (κ1) is 23.9. The summed E-state index contributed by atoms with van der Waals surface area (Å²) in [7, 11) is -3.77. The summed E-state index contributed by atoms with van der Waals surface area (Å²) >= 11 is 0. The molecule has 0 aliphatic carbocycles. The number of hydrogen-bond donors (Lipinski definition) is 2. The number of fused-ring (bicyclic) bond motifs is 1. The van der Waals surface area contributed by atoms with Crippen molar-refractivity contribution >= 4 is 26.6 Å². The third-order valence-electron chi connectivity index (χ3n) is 5.86. The molecule has 0 aliphatic rings. The third kappa shape index (κ3) is 5.98. The number of Topliss-reactive ketones (excluding diaryl/α,β-unsaturated/α-hetero) is 1. The van der Waals surface area contributed by atoms with Crippen LogP contribution in [0.15, 0.2) is 83.9 Å². The van der Waals surface area contributed by atoms with Gasteiger partial charge in [-0.15, -0.1) is 0 Å². The van der Waals surface area contributed by atoms with Gasteiger partial charge in [-0.2, -0.15) is 0 Å². The highest BCUT2D eigenvalue weighted by Crippen LogP contribution is 2.26. The molecular formula is C27H29N3O3S. The van der Waals surface area contributed by atoms with Gasteiger partial charge in [-0.3, -0.25) is 0 Å². The number of imidazole rings is 1. The lowest BCUT2D eigenvalue weighted by atomic mass is 10.1. The molecule has 4 aromatic rings. The Bertz CT molecular complexity index is 1360. The summed E-state index contributed by atoms with van der Waals surface area (Å²) in [5.41, 5.74) is 1.82. The van der Waals surface area contributed by atoms with Crippen LogP contribution in [0.1, 0.15) is 50.9 Å². The van der Waals surface area contributed by atoms with Gasteiger partial charge in [0.05, 0.1) is 22.8 Å². The van der Waals surface area contributed by atoms with Crippen molar-refractivity contribution in [3.63, 3.8) is 0 Å². The van der Waals surface area contributed by atoms with E-state index < -0.39 is 16.1 Å². The predicted octanol–water partition coefficient (Wildman–Crippen LogP) is 5.79. The van der Waals surface area contributed by atoms with E-state index in [9.17, 15) is 13.2 Å². The number of H-pyrrole nitrogens is 1. The fraction of sp³-hybridized carbons (Fsp3) is 0.259. The number of carbonyl (C=O) groups is 1. The number of nitrogens with one attached hydrogen (secondary N) is 2.